The SMILES string of the molecule is Fc1ccc(C2(CNC(=S)Nc3nc(N4CCc5ccccc5C4)cc(C(F)(F)F)n3)CCOCC2)cc1. The van der Waals surface area contributed by atoms with Crippen LogP contribution in [0.25, 0.3) is 0 Å². The van der Waals surface area contributed by atoms with E-state index in [2.05, 4.69) is 20.6 Å². The van der Waals surface area contributed by atoms with Crippen LogP contribution in [0.15, 0.2) is 54.6 Å². The minimum absolute atomic E-state index is 0.104. The van der Waals surface area contributed by atoms with E-state index in [1.54, 1.807) is 12.1 Å². The van der Waals surface area contributed by atoms with E-state index in [-0.39, 0.29) is 28.1 Å². The summed E-state index contributed by atoms with van der Waals surface area (Å²) in [7, 11) is 0. The Bertz CT molecular complexity index is 1300. The maximum Gasteiger partial charge on any atom is 0.433 e. The maximum absolute atomic E-state index is 13.7. The first kappa shape index (κ1) is 26.3. The molecule has 38 heavy (non-hydrogen) atoms. The van der Waals surface area contributed by atoms with Gasteiger partial charge in [-0.25, -0.2) is 9.37 Å². The highest BCUT2D eigenvalue weighted by Crippen LogP contribution is 2.35. The third kappa shape index (κ3) is 5.88. The standard InChI is InChI=1S/C27H27F4N5OS/c28-21-7-5-20(6-8-21)26(10-13-37-14-11-26)17-32-25(38)35-24-33-22(27(29,30)31)15-23(34-24)36-12-9-18-3-1-2-4-19(18)16-36/h1-8,15H,9-14,16-17H2,(H2,32,33,34,35,38). The molecule has 3 heterocycles. The van der Waals surface area contributed by atoms with E-state index in [0.29, 0.717) is 52.1 Å². The average molecular weight is 546 g/mol. The monoisotopic (exact) mass is 545 g/mol. The number of halogens is 4. The lowest BCUT2D eigenvalue weighted by Gasteiger charge is -2.38. The number of rotatable bonds is 5. The molecule has 2 N–H and O–H groups in total. The molecule has 1 saturated heterocycles. The molecule has 1 fully saturated rings. The van der Waals surface area contributed by atoms with Crippen molar-refractivity contribution in [3.05, 3.63) is 82.8 Å². The first-order chi connectivity index (χ1) is 18.2. The smallest absolute Gasteiger partial charge is 0.381 e. The first-order valence-corrected chi connectivity index (χ1v) is 12.8. The predicted molar refractivity (Wildman–Crippen MR) is 141 cm³/mol. The van der Waals surface area contributed by atoms with Crippen LogP contribution in [0.2, 0.25) is 0 Å². The normalized spacial score (nSPS) is 17.0. The second-order valence-corrected chi connectivity index (χ2v) is 9.99. The lowest BCUT2D eigenvalue weighted by molar-refractivity contribution is -0.141. The summed E-state index contributed by atoms with van der Waals surface area (Å²) in [6.45, 7) is 2.46. The van der Waals surface area contributed by atoms with Crippen LogP contribution in [0.3, 0.4) is 0 Å². The summed E-state index contributed by atoms with van der Waals surface area (Å²) < 4.78 is 60.2. The van der Waals surface area contributed by atoms with Crippen LogP contribution < -0.4 is 15.5 Å². The van der Waals surface area contributed by atoms with Crippen LogP contribution in [0.4, 0.5) is 29.3 Å². The van der Waals surface area contributed by atoms with E-state index in [1.807, 2.05) is 29.2 Å². The van der Waals surface area contributed by atoms with Crippen molar-refractivity contribution in [3.63, 3.8) is 0 Å². The van der Waals surface area contributed by atoms with Crippen molar-refractivity contribution in [2.24, 2.45) is 0 Å². The van der Waals surface area contributed by atoms with Crippen molar-refractivity contribution in [1.82, 2.24) is 15.3 Å². The lowest BCUT2D eigenvalue weighted by Crippen LogP contribution is -2.45. The molecular weight excluding hydrogens is 518 g/mol. The first-order valence-electron chi connectivity index (χ1n) is 12.4. The van der Waals surface area contributed by atoms with Crippen molar-refractivity contribution in [1.29, 1.82) is 0 Å². The number of ether oxygens (including phenoxy) is 1. The summed E-state index contributed by atoms with van der Waals surface area (Å²) in [6, 6.07) is 15.2. The number of nitrogens with zero attached hydrogens (tertiary/aromatic N) is 3. The Labute approximate surface area is 223 Å². The molecule has 2 aliphatic rings. The largest absolute Gasteiger partial charge is 0.433 e. The predicted octanol–water partition coefficient (Wildman–Crippen LogP) is 5.23. The van der Waals surface area contributed by atoms with Crippen molar-refractivity contribution >= 4 is 29.1 Å². The Morgan fingerprint density at radius 2 is 1.74 bits per heavy atom. The van der Waals surface area contributed by atoms with Gasteiger partial charge in [0.15, 0.2) is 10.8 Å². The zero-order chi connectivity index (χ0) is 26.8. The number of benzene rings is 2. The van der Waals surface area contributed by atoms with Crippen LogP contribution >= 0.6 is 12.2 Å². The minimum atomic E-state index is -4.65. The number of hydrogen-bond donors (Lipinski definition) is 2. The molecule has 0 radical (unpaired) electrons. The molecule has 0 aliphatic carbocycles. The van der Waals surface area contributed by atoms with Crippen molar-refractivity contribution in [3.8, 4) is 0 Å². The highest BCUT2D eigenvalue weighted by atomic mass is 32.1. The zero-order valence-electron chi connectivity index (χ0n) is 20.5. The van der Waals surface area contributed by atoms with Gasteiger partial charge < -0.3 is 20.3 Å². The summed E-state index contributed by atoms with van der Waals surface area (Å²) >= 11 is 5.43. The van der Waals surface area contributed by atoms with Gasteiger partial charge in [-0.15, -0.1) is 0 Å². The number of fused-ring (bicyclic) bond motifs is 1. The molecule has 0 spiro atoms. The number of hydrogen-bond acceptors (Lipinski definition) is 5. The second kappa shape index (κ2) is 10.8. The van der Waals surface area contributed by atoms with Gasteiger partial charge in [-0.1, -0.05) is 36.4 Å². The summed E-state index contributed by atoms with van der Waals surface area (Å²) in [5.74, 6) is -0.371. The molecular formula is C27H27F4N5OS. The van der Waals surface area contributed by atoms with Crippen LogP contribution in [0, 0.1) is 5.82 Å². The molecule has 0 bridgehead atoms. The Kier molecular flexibility index (Phi) is 7.49. The number of alkyl halides is 3. The molecule has 0 saturated carbocycles. The summed E-state index contributed by atoms with van der Waals surface area (Å²) in [5.41, 5.74) is 1.78. The molecule has 200 valence electrons. The fourth-order valence-corrected chi connectivity index (χ4v) is 5.18. The van der Waals surface area contributed by atoms with Crippen molar-refractivity contribution in [2.45, 2.75) is 37.4 Å². The highest BCUT2D eigenvalue weighted by molar-refractivity contribution is 7.80. The van der Waals surface area contributed by atoms with Crippen molar-refractivity contribution < 1.29 is 22.3 Å². The Morgan fingerprint density at radius 1 is 1.03 bits per heavy atom. The molecule has 5 rings (SSSR count). The van der Waals surface area contributed by atoms with Crippen LogP contribution in [-0.2, 0) is 29.3 Å². The van der Waals surface area contributed by atoms with Crippen molar-refractivity contribution in [2.75, 3.05) is 36.5 Å². The van der Waals surface area contributed by atoms with Crippen LogP contribution in [0.5, 0.6) is 0 Å². The van der Waals surface area contributed by atoms with E-state index in [4.69, 9.17) is 17.0 Å². The molecule has 6 nitrogen and oxygen atoms in total. The van der Waals surface area contributed by atoms with Gasteiger partial charge in [0, 0.05) is 44.3 Å². The third-order valence-corrected chi connectivity index (χ3v) is 7.42. The molecule has 2 aromatic carbocycles. The fraction of sp³-hybridized carbons (Fsp3) is 0.370. The lowest BCUT2D eigenvalue weighted by atomic mass is 9.74. The van der Waals surface area contributed by atoms with E-state index < -0.39 is 11.9 Å². The Hall–Kier alpha value is -3.31. The van der Waals surface area contributed by atoms with Gasteiger partial charge >= 0.3 is 6.18 Å². The van der Waals surface area contributed by atoms with Gasteiger partial charge in [-0.2, -0.15) is 18.2 Å². The Morgan fingerprint density at radius 3 is 2.45 bits per heavy atom. The van der Waals surface area contributed by atoms with E-state index in [1.165, 1.54) is 17.7 Å². The molecule has 1 aromatic heterocycles. The molecule has 0 amide bonds. The number of anilines is 2. The molecule has 3 aromatic rings. The quantitative estimate of drug-likeness (QED) is 0.336. The van der Waals surface area contributed by atoms with Gasteiger partial charge in [-0.3, -0.25) is 0 Å². The maximum atomic E-state index is 13.7. The summed E-state index contributed by atoms with van der Waals surface area (Å²) in [4.78, 5) is 9.89. The molecule has 0 unspecified atom stereocenters. The molecule has 2 aliphatic heterocycles. The highest BCUT2D eigenvalue weighted by Gasteiger charge is 2.36. The number of nitrogens with one attached hydrogen (secondary N) is 2. The van der Waals surface area contributed by atoms with Gasteiger partial charge in [0.05, 0.1) is 0 Å². The van der Waals surface area contributed by atoms with Crippen LogP contribution in [0.1, 0.15) is 35.2 Å². The third-order valence-electron chi connectivity index (χ3n) is 7.18. The minimum Gasteiger partial charge on any atom is -0.381 e. The summed E-state index contributed by atoms with van der Waals surface area (Å²) in [6.07, 6.45) is -2.56. The molecule has 0 atom stereocenters. The summed E-state index contributed by atoms with van der Waals surface area (Å²) in [5, 5.41) is 5.98. The molecule has 11 heteroatoms. The zero-order valence-corrected chi connectivity index (χ0v) is 21.3. The van der Waals surface area contributed by atoms with E-state index in [0.717, 1.165) is 17.2 Å². The van der Waals surface area contributed by atoms with E-state index in [9.17, 15) is 17.6 Å². The fourth-order valence-electron chi connectivity index (χ4n) is 5.02. The van der Waals surface area contributed by atoms with Gasteiger partial charge in [0.25, 0.3) is 0 Å². The number of aromatic nitrogens is 2. The number of thiocarbonyl (C=S) groups is 1. The second-order valence-electron chi connectivity index (χ2n) is 9.58. The van der Waals surface area contributed by atoms with E-state index >= 15 is 0 Å². The van der Waals surface area contributed by atoms with Gasteiger partial charge in [0.2, 0.25) is 5.95 Å². The topological polar surface area (TPSA) is 62.3 Å². The van der Waals surface area contributed by atoms with Gasteiger partial charge in [-0.05, 0) is 60.3 Å². The average Bonchev–Trinajstić information content (AvgIpc) is 2.92. The van der Waals surface area contributed by atoms with Crippen LogP contribution in [-0.4, -0.2) is 41.4 Å². The Balaban J connectivity index is 1.33. The van der Waals surface area contributed by atoms with Gasteiger partial charge in [0.1, 0.15) is 11.6 Å².